The van der Waals surface area contributed by atoms with E-state index >= 15 is 0 Å². The Morgan fingerprint density at radius 2 is 2.10 bits per heavy atom. The van der Waals surface area contributed by atoms with Crippen molar-refractivity contribution in [2.75, 3.05) is 18.5 Å². The average molecular weight is 306 g/mol. The molecule has 0 fully saturated rings. The van der Waals surface area contributed by atoms with Gasteiger partial charge in [-0.1, -0.05) is 13.3 Å². The number of nitro benzene ring substituents is 1. The zero-order valence-corrected chi connectivity index (χ0v) is 11.5. The smallest absolute Gasteiger partial charge is 0.396 e. The van der Waals surface area contributed by atoms with Crippen LogP contribution in [0.5, 0.6) is 0 Å². The van der Waals surface area contributed by atoms with Crippen molar-refractivity contribution in [1.29, 1.82) is 0 Å². The first-order valence-corrected chi connectivity index (χ1v) is 6.50. The van der Waals surface area contributed by atoms with Gasteiger partial charge in [0.1, 0.15) is 5.56 Å². The first kappa shape index (κ1) is 17.2. The molecular weight excluding hydrogens is 289 g/mol. The van der Waals surface area contributed by atoms with Gasteiger partial charge in [0.2, 0.25) is 0 Å². The van der Waals surface area contributed by atoms with E-state index in [4.69, 9.17) is 5.11 Å². The van der Waals surface area contributed by atoms with Crippen molar-refractivity contribution in [3.05, 3.63) is 33.9 Å². The third kappa shape index (κ3) is 4.89. The predicted octanol–water partition coefficient (Wildman–Crippen LogP) is 3.43. The molecule has 0 aliphatic rings. The van der Waals surface area contributed by atoms with Gasteiger partial charge in [-0.25, -0.2) is 0 Å². The number of rotatable bonds is 7. The van der Waals surface area contributed by atoms with E-state index in [1.165, 1.54) is 6.07 Å². The van der Waals surface area contributed by atoms with Crippen molar-refractivity contribution in [2.24, 2.45) is 5.92 Å². The minimum Gasteiger partial charge on any atom is -0.396 e. The molecule has 1 atom stereocenters. The standard InChI is InChI=1S/C13H17F3N2O3/c1-2-9(5-6-19)8-17-10-3-4-12(18(20)21)11(7-10)13(14,15)16/h3-4,7,9,17,19H,2,5-6,8H2,1H3. The molecule has 0 saturated heterocycles. The lowest BCUT2D eigenvalue weighted by Gasteiger charge is -2.16. The number of hydrogen-bond acceptors (Lipinski definition) is 4. The molecule has 0 heterocycles. The summed E-state index contributed by atoms with van der Waals surface area (Å²) < 4.78 is 38.4. The van der Waals surface area contributed by atoms with Crippen LogP contribution in [0.15, 0.2) is 18.2 Å². The second kappa shape index (κ2) is 7.26. The third-order valence-corrected chi connectivity index (χ3v) is 3.21. The molecule has 0 aliphatic carbocycles. The fraction of sp³-hybridized carbons (Fsp3) is 0.538. The number of halogens is 3. The molecule has 0 bridgehead atoms. The molecule has 0 aromatic heterocycles. The summed E-state index contributed by atoms with van der Waals surface area (Å²) in [4.78, 5) is 9.59. The number of benzene rings is 1. The second-order valence-electron chi connectivity index (χ2n) is 4.65. The molecule has 1 rings (SSSR count). The number of nitrogens with zero attached hydrogens (tertiary/aromatic N) is 1. The number of aliphatic hydroxyl groups excluding tert-OH is 1. The normalized spacial score (nSPS) is 13.0. The van der Waals surface area contributed by atoms with Crippen LogP contribution >= 0.6 is 0 Å². The van der Waals surface area contributed by atoms with Crippen molar-refractivity contribution in [3.8, 4) is 0 Å². The first-order valence-electron chi connectivity index (χ1n) is 6.50. The van der Waals surface area contributed by atoms with Crippen molar-refractivity contribution < 1.29 is 23.2 Å². The Morgan fingerprint density at radius 1 is 1.43 bits per heavy atom. The molecule has 0 amide bonds. The number of nitro groups is 1. The summed E-state index contributed by atoms with van der Waals surface area (Å²) in [5.74, 6) is 0.125. The van der Waals surface area contributed by atoms with Crippen LogP contribution in [0.1, 0.15) is 25.3 Å². The first-order chi connectivity index (χ1) is 9.79. The highest BCUT2D eigenvalue weighted by Gasteiger charge is 2.38. The van der Waals surface area contributed by atoms with Gasteiger partial charge in [-0.15, -0.1) is 0 Å². The molecule has 0 aliphatic heterocycles. The van der Waals surface area contributed by atoms with Gasteiger partial charge in [-0.2, -0.15) is 13.2 Å². The highest BCUT2D eigenvalue weighted by Crippen LogP contribution is 2.37. The lowest BCUT2D eigenvalue weighted by Crippen LogP contribution is -2.16. The van der Waals surface area contributed by atoms with Crippen LogP contribution in [-0.2, 0) is 6.18 Å². The summed E-state index contributed by atoms with van der Waals surface area (Å²) in [6.45, 7) is 2.32. The lowest BCUT2D eigenvalue weighted by molar-refractivity contribution is -0.388. The van der Waals surface area contributed by atoms with Gasteiger partial charge >= 0.3 is 6.18 Å². The third-order valence-electron chi connectivity index (χ3n) is 3.21. The van der Waals surface area contributed by atoms with E-state index < -0.39 is 22.4 Å². The Labute approximate surface area is 119 Å². The number of aliphatic hydroxyl groups is 1. The van der Waals surface area contributed by atoms with Crippen molar-refractivity contribution in [3.63, 3.8) is 0 Å². The van der Waals surface area contributed by atoms with Crippen LogP contribution in [0.25, 0.3) is 0 Å². The summed E-state index contributed by atoms with van der Waals surface area (Å²) in [5, 5.41) is 22.3. The highest BCUT2D eigenvalue weighted by molar-refractivity contribution is 5.55. The molecule has 0 saturated carbocycles. The zero-order chi connectivity index (χ0) is 16.0. The summed E-state index contributed by atoms with van der Waals surface area (Å²) >= 11 is 0. The van der Waals surface area contributed by atoms with E-state index in [2.05, 4.69) is 5.32 Å². The minimum absolute atomic E-state index is 0.00818. The van der Waals surface area contributed by atoms with Gasteiger partial charge in [0, 0.05) is 24.9 Å². The van der Waals surface area contributed by atoms with E-state index in [9.17, 15) is 23.3 Å². The predicted molar refractivity (Wildman–Crippen MR) is 72.1 cm³/mol. The van der Waals surface area contributed by atoms with Crippen molar-refractivity contribution in [1.82, 2.24) is 0 Å². The van der Waals surface area contributed by atoms with Crippen LogP contribution in [0.3, 0.4) is 0 Å². The zero-order valence-electron chi connectivity index (χ0n) is 11.5. The number of alkyl halides is 3. The molecule has 8 heteroatoms. The molecule has 1 unspecified atom stereocenters. The molecule has 118 valence electrons. The van der Waals surface area contributed by atoms with Crippen molar-refractivity contribution in [2.45, 2.75) is 25.9 Å². The molecule has 5 nitrogen and oxygen atoms in total. The number of nitrogens with one attached hydrogen (secondary N) is 1. The van der Waals surface area contributed by atoms with Crippen LogP contribution < -0.4 is 5.32 Å². The molecular formula is C13H17F3N2O3. The van der Waals surface area contributed by atoms with E-state index in [1.54, 1.807) is 0 Å². The molecule has 2 N–H and O–H groups in total. The van der Waals surface area contributed by atoms with E-state index in [1.807, 2.05) is 6.92 Å². The summed E-state index contributed by atoms with van der Waals surface area (Å²) in [7, 11) is 0. The fourth-order valence-electron chi connectivity index (χ4n) is 1.93. The Hall–Kier alpha value is -1.83. The van der Waals surface area contributed by atoms with E-state index in [0.717, 1.165) is 18.6 Å². The van der Waals surface area contributed by atoms with E-state index in [0.29, 0.717) is 13.0 Å². The summed E-state index contributed by atoms with van der Waals surface area (Å²) in [6.07, 6.45) is -3.47. The van der Waals surface area contributed by atoms with Gasteiger partial charge in [-0.05, 0) is 24.5 Å². The SMILES string of the molecule is CCC(CCO)CNc1ccc([N+](=O)[O-])c(C(F)(F)F)c1. The quantitative estimate of drug-likeness (QED) is 0.598. The van der Waals surface area contributed by atoms with Crippen molar-refractivity contribution >= 4 is 11.4 Å². The molecule has 0 spiro atoms. The maximum atomic E-state index is 12.8. The van der Waals surface area contributed by atoms with Gasteiger partial charge in [0.25, 0.3) is 5.69 Å². The molecule has 1 aromatic rings. The van der Waals surface area contributed by atoms with Crippen LogP contribution in [-0.4, -0.2) is 23.2 Å². The Balaban J connectivity index is 2.93. The maximum absolute atomic E-state index is 12.8. The van der Waals surface area contributed by atoms with Gasteiger partial charge < -0.3 is 10.4 Å². The monoisotopic (exact) mass is 306 g/mol. The van der Waals surface area contributed by atoms with Crippen LogP contribution in [0.2, 0.25) is 0 Å². The van der Waals surface area contributed by atoms with Gasteiger partial charge in [-0.3, -0.25) is 10.1 Å². The molecule has 0 radical (unpaired) electrons. The average Bonchev–Trinajstić information content (AvgIpc) is 2.42. The number of hydrogen-bond donors (Lipinski definition) is 2. The molecule has 21 heavy (non-hydrogen) atoms. The van der Waals surface area contributed by atoms with Crippen LogP contribution in [0.4, 0.5) is 24.5 Å². The number of anilines is 1. The van der Waals surface area contributed by atoms with Gasteiger partial charge in [0.15, 0.2) is 0 Å². The Bertz CT molecular complexity index is 492. The molecule has 1 aromatic carbocycles. The highest BCUT2D eigenvalue weighted by atomic mass is 19.4. The van der Waals surface area contributed by atoms with E-state index in [-0.39, 0.29) is 18.2 Å². The largest absolute Gasteiger partial charge is 0.423 e. The topological polar surface area (TPSA) is 75.4 Å². The van der Waals surface area contributed by atoms with Crippen LogP contribution in [0, 0.1) is 16.0 Å². The van der Waals surface area contributed by atoms with Gasteiger partial charge in [0.05, 0.1) is 4.92 Å². The minimum atomic E-state index is -4.78. The maximum Gasteiger partial charge on any atom is 0.423 e. The lowest BCUT2D eigenvalue weighted by atomic mass is 10.0. The Kier molecular flexibility index (Phi) is 5.95. The Morgan fingerprint density at radius 3 is 2.57 bits per heavy atom. The fourth-order valence-corrected chi connectivity index (χ4v) is 1.93. The summed E-state index contributed by atoms with van der Waals surface area (Å²) in [6, 6.07) is 2.83. The summed E-state index contributed by atoms with van der Waals surface area (Å²) in [5.41, 5.74) is -2.06. The second-order valence-corrected chi connectivity index (χ2v) is 4.65.